The molecule has 1 aromatic heterocycles. The van der Waals surface area contributed by atoms with Crippen LogP contribution in [-0.4, -0.2) is 18.2 Å². The van der Waals surface area contributed by atoms with Crippen LogP contribution in [0.15, 0.2) is 39.4 Å². The third-order valence-corrected chi connectivity index (χ3v) is 3.84. The summed E-state index contributed by atoms with van der Waals surface area (Å²) in [4.78, 5) is 25.5. The van der Waals surface area contributed by atoms with Gasteiger partial charge in [0.15, 0.2) is 16.2 Å². The number of Topliss-reactive ketones (excluding diaryl/α,β-unsaturated/α-hetero) is 1. The summed E-state index contributed by atoms with van der Waals surface area (Å²) >= 11 is 3.19. The second-order valence-corrected chi connectivity index (χ2v) is 5.49. The lowest BCUT2D eigenvalue weighted by atomic mass is 10.1. The van der Waals surface area contributed by atoms with Gasteiger partial charge in [-0.15, -0.1) is 0 Å². The van der Waals surface area contributed by atoms with Crippen molar-refractivity contribution in [2.24, 2.45) is 0 Å². The van der Waals surface area contributed by atoms with Gasteiger partial charge in [0.05, 0.1) is 0 Å². The van der Waals surface area contributed by atoms with Crippen LogP contribution in [0.25, 0.3) is 0 Å². The molecule has 0 bridgehead atoms. The van der Waals surface area contributed by atoms with Crippen LogP contribution in [0.5, 0.6) is 0 Å². The molecule has 4 nitrogen and oxygen atoms in total. The number of nitrogens with zero attached hydrogens (tertiary/aromatic N) is 1. The van der Waals surface area contributed by atoms with Gasteiger partial charge in [-0.2, -0.15) is 0 Å². The fourth-order valence-electron chi connectivity index (χ4n) is 2.39. The number of furan rings is 1. The molecule has 0 saturated heterocycles. The first-order valence-corrected chi connectivity index (χ1v) is 7.06. The summed E-state index contributed by atoms with van der Waals surface area (Å²) in [5.74, 6) is 0.179. The van der Waals surface area contributed by atoms with Crippen molar-refractivity contribution in [2.45, 2.75) is 13.3 Å². The Morgan fingerprint density at radius 1 is 1.25 bits per heavy atom. The molecule has 102 valence electrons. The van der Waals surface area contributed by atoms with Crippen molar-refractivity contribution < 1.29 is 14.0 Å². The molecule has 3 rings (SSSR count). The molecule has 0 radical (unpaired) electrons. The van der Waals surface area contributed by atoms with Crippen molar-refractivity contribution in [1.82, 2.24) is 0 Å². The predicted octanol–water partition coefficient (Wildman–Crippen LogP) is 3.45. The maximum atomic E-state index is 12.4. The van der Waals surface area contributed by atoms with E-state index in [1.165, 1.54) is 0 Å². The van der Waals surface area contributed by atoms with Gasteiger partial charge in [0, 0.05) is 17.8 Å². The summed E-state index contributed by atoms with van der Waals surface area (Å²) in [6.07, 6.45) is 0.754. The molecular weight excluding hydrogens is 322 g/mol. The fourth-order valence-corrected chi connectivity index (χ4v) is 2.70. The zero-order valence-corrected chi connectivity index (χ0v) is 12.4. The van der Waals surface area contributed by atoms with E-state index in [4.69, 9.17) is 4.42 Å². The van der Waals surface area contributed by atoms with Gasteiger partial charge in [0.2, 0.25) is 0 Å². The Hall–Kier alpha value is -1.88. The molecule has 5 heteroatoms. The van der Waals surface area contributed by atoms with Gasteiger partial charge in [-0.1, -0.05) is 0 Å². The summed E-state index contributed by atoms with van der Waals surface area (Å²) in [6, 6.07) is 8.79. The minimum atomic E-state index is -0.162. The molecule has 2 aromatic rings. The standard InChI is InChI=1S/C15H12BrNO3/c1-9(18)10-2-3-12-11(8-10)6-7-17(12)15(19)13-4-5-14(16)20-13/h2-5,8H,6-7H2,1H3. The molecule has 1 aliphatic rings. The highest BCUT2D eigenvalue weighted by Gasteiger charge is 2.27. The lowest BCUT2D eigenvalue weighted by molar-refractivity contribution is 0.0960. The molecule has 2 heterocycles. The molecule has 0 saturated carbocycles. The number of hydrogen-bond acceptors (Lipinski definition) is 3. The minimum absolute atomic E-state index is 0.0348. The first-order chi connectivity index (χ1) is 9.56. The van der Waals surface area contributed by atoms with Gasteiger partial charge < -0.3 is 9.32 Å². The summed E-state index contributed by atoms with van der Waals surface area (Å²) < 4.78 is 5.84. The Morgan fingerprint density at radius 3 is 2.70 bits per heavy atom. The summed E-state index contributed by atoms with van der Waals surface area (Å²) in [5.41, 5.74) is 2.56. The number of hydrogen-bond donors (Lipinski definition) is 0. The number of amides is 1. The Balaban J connectivity index is 1.93. The maximum Gasteiger partial charge on any atom is 0.294 e. The van der Waals surface area contributed by atoms with Crippen molar-refractivity contribution in [3.8, 4) is 0 Å². The molecular formula is C15H12BrNO3. The largest absolute Gasteiger partial charge is 0.444 e. The van der Waals surface area contributed by atoms with Gasteiger partial charge in [0.1, 0.15) is 0 Å². The van der Waals surface area contributed by atoms with Crippen molar-refractivity contribution in [1.29, 1.82) is 0 Å². The second-order valence-electron chi connectivity index (χ2n) is 4.71. The van der Waals surface area contributed by atoms with Crippen molar-refractivity contribution in [3.63, 3.8) is 0 Å². The quantitative estimate of drug-likeness (QED) is 0.791. The normalized spacial score (nSPS) is 13.4. The topological polar surface area (TPSA) is 50.5 Å². The zero-order chi connectivity index (χ0) is 14.3. The van der Waals surface area contributed by atoms with E-state index in [2.05, 4.69) is 15.9 Å². The van der Waals surface area contributed by atoms with Crippen LogP contribution in [0.4, 0.5) is 5.69 Å². The van der Waals surface area contributed by atoms with Crippen LogP contribution in [0.3, 0.4) is 0 Å². The van der Waals surface area contributed by atoms with E-state index in [1.807, 2.05) is 12.1 Å². The van der Waals surface area contributed by atoms with Crippen LogP contribution in [0, 0.1) is 0 Å². The Bertz CT molecular complexity index is 705. The molecule has 1 aromatic carbocycles. The Morgan fingerprint density at radius 2 is 2.05 bits per heavy atom. The number of carbonyl (C=O) groups is 2. The van der Waals surface area contributed by atoms with Crippen LogP contribution in [0.2, 0.25) is 0 Å². The van der Waals surface area contributed by atoms with Gasteiger partial charge in [-0.3, -0.25) is 9.59 Å². The SMILES string of the molecule is CC(=O)c1ccc2c(c1)CCN2C(=O)c1ccc(Br)o1. The van der Waals surface area contributed by atoms with E-state index in [1.54, 1.807) is 30.0 Å². The van der Waals surface area contributed by atoms with Crippen molar-refractivity contribution in [3.05, 3.63) is 51.9 Å². The van der Waals surface area contributed by atoms with E-state index < -0.39 is 0 Å². The highest BCUT2D eigenvalue weighted by molar-refractivity contribution is 9.10. The highest BCUT2D eigenvalue weighted by atomic mass is 79.9. The lowest BCUT2D eigenvalue weighted by Crippen LogP contribution is -2.28. The molecule has 0 N–H and O–H groups in total. The minimum Gasteiger partial charge on any atom is -0.444 e. The smallest absolute Gasteiger partial charge is 0.294 e. The predicted molar refractivity (Wildman–Crippen MR) is 78.2 cm³/mol. The number of ketones is 1. The first kappa shape index (κ1) is 13.1. The number of anilines is 1. The van der Waals surface area contributed by atoms with Crippen molar-refractivity contribution in [2.75, 3.05) is 11.4 Å². The lowest BCUT2D eigenvalue weighted by Gasteiger charge is -2.15. The third-order valence-electron chi connectivity index (χ3n) is 3.41. The second kappa shape index (κ2) is 4.90. The van der Waals surface area contributed by atoms with E-state index in [0.29, 0.717) is 22.5 Å². The molecule has 1 aliphatic heterocycles. The Labute approximate surface area is 124 Å². The maximum absolute atomic E-state index is 12.4. The summed E-state index contributed by atoms with van der Waals surface area (Å²) in [6.45, 7) is 2.15. The monoisotopic (exact) mass is 333 g/mol. The number of carbonyl (C=O) groups excluding carboxylic acids is 2. The number of halogens is 1. The number of fused-ring (bicyclic) bond motifs is 1. The number of rotatable bonds is 2. The summed E-state index contributed by atoms with van der Waals surface area (Å²) in [7, 11) is 0. The van der Waals surface area contributed by atoms with Crippen LogP contribution in [-0.2, 0) is 6.42 Å². The molecule has 20 heavy (non-hydrogen) atoms. The molecule has 0 fully saturated rings. The van der Waals surface area contributed by atoms with E-state index in [0.717, 1.165) is 17.7 Å². The van der Waals surface area contributed by atoms with Gasteiger partial charge in [0.25, 0.3) is 5.91 Å². The zero-order valence-electron chi connectivity index (χ0n) is 10.9. The summed E-state index contributed by atoms with van der Waals surface area (Å²) in [5, 5.41) is 0. The molecule has 0 spiro atoms. The Kier molecular flexibility index (Phi) is 3.22. The van der Waals surface area contributed by atoms with E-state index in [9.17, 15) is 9.59 Å². The van der Waals surface area contributed by atoms with Crippen LogP contribution in [0.1, 0.15) is 33.4 Å². The number of benzene rings is 1. The average Bonchev–Trinajstić information content (AvgIpc) is 3.03. The van der Waals surface area contributed by atoms with E-state index in [-0.39, 0.29) is 11.7 Å². The molecule has 0 unspecified atom stereocenters. The van der Waals surface area contributed by atoms with Crippen LogP contribution < -0.4 is 4.90 Å². The molecule has 1 amide bonds. The van der Waals surface area contributed by atoms with Gasteiger partial charge >= 0.3 is 0 Å². The van der Waals surface area contributed by atoms with Gasteiger partial charge in [-0.25, -0.2) is 0 Å². The first-order valence-electron chi connectivity index (χ1n) is 6.27. The average molecular weight is 334 g/mol. The van der Waals surface area contributed by atoms with Crippen LogP contribution >= 0.6 is 15.9 Å². The molecule has 0 atom stereocenters. The highest BCUT2D eigenvalue weighted by Crippen LogP contribution is 2.31. The fraction of sp³-hybridized carbons (Fsp3) is 0.200. The van der Waals surface area contributed by atoms with Crippen molar-refractivity contribution >= 4 is 33.3 Å². The third kappa shape index (κ3) is 2.18. The van der Waals surface area contributed by atoms with Gasteiger partial charge in [-0.05, 0) is 65.2 Å². The van der Waals surface area contributed by atoms with E-state index >= 15 is 0 Å². The molecule has 0 aliphatic carbocycles.